The van der Waals surface area contributed by atoms with Gasteiger partial charge in [-0.2, -0.15) is 0 Å². The molecule has 0 aliphatic carbocycles. The van der Waals surface area contributed by atoms with Gasteiger partial charge >= 0.3 is 6.03 Å². The molecule has 1 aliphatic rings. The summed E-state index contributed by atoms with van der Waals surface area (Å²) in [7, 11) is 0. The highest BCUT2D eigenvalue weighted by Gasteiger charge is 2.32. The molecule has 0 atom stereocenters. The third-order valence-corrected chi connectivity index (χ3v) is 5.50. The molecule has 164 valence electrons. The third-order valence-electron chi connectivity index (χ3n) is 5.50. The van der Waals surface area contributed by atoms with Crippen LogP contribution in [0.1, 0.15) is 29.4 Å². The number of aromatic nitrogens is 1. The van der Waals surface area contributed by atoms with E-state index in [-0.39, 0.29) is 24.0 Å². The van der Waals surface area contributed by atoms with E-state index in [2.05, 4.69) is 9.88 Å². The van der Waals surface area contributed by atoms with E-state index in [0.29, 0.717) is 17.9 Å². The summed E-state index contributed by atoms with van der Waals surface area (Å²) in [5.41, 5.74) is 4.48. The second kappa shape index (κ2) is 8.70. The Bertz CT molecular complexity index is 1210. The number of ether oxygens (including phenoxy) is 1. The number of imide groups is 1. The van der Waals surface area contributed by atoms with E-state index in [1.54, 1.807) is 31.2 Å². The Morgan fingerprint density at radius 2 is 1.78 bits per heavy atom. The van der Waals surface area contributed by atoms with Crippen LogP contribution in [0.3, 0.4) is 0 Å². The van der Waals surface area contributed by atoms with Crippen molar-refractivity contribution in [3.05, 3.63) is 88.6 Å². The number of halogens is 1. The number of carbonyl (C=O) groups is 2. The Labute approximate surface area is 185 Å². The molecule has 1 aromatic heterocycles. The summed E-state index contributed by atoms with van der Waals surface area (Å²) in [6.45, 7) is 6.17. The smallest absolute Gasteiger partial charge is 0.328 e. The van der Waals surface area contributed by atoms with E-state index >= 15 is 0 Å². The molecule has 32 heavy (non-hydrogen) atoms. The van der Waals surface area contributed by atoms with Gasteiger partial charge in [0.15, 0.2) is 0 Å². The molecule has 1 aliphatic heterocycles. The number of nitrogens with one attached hydrogen (secondary N) is 1. The van der Waals surface area contributed by atoms with Crippen LogP contribution >= 0.6 is 0 Å². The van der Waals surface area contributed by atoms with Gasteiger partial charge in [-0.05, 0) is 68.8 Å². The Kier molecular flexibility index (Phi) is 5.81. The minimum atomic E-state index is -0.400. The van der Waals surface area contributed by atoms with Crippen molar-refractivity contribution in [2.75, 3.05) is 6.54 Å². The highest BCUT2D eigenvalue weighted by atomic mass is 19.1. The molecule has 0 radical (unpaired) electrons. The van der Waals surface area contributed by atoms with Gasteiger partial charge in [0.2, 0.25) is 0 Å². The summed E-state index contributed by atoms with van der Waals surface area (Å²) in [5, 5.41) is 2.63. The van der Waals surface area contributed by atoms with Gasteiger partial charge in [-0.15, -0.1) is 0 Å². The van der Waals surface area contributed by atoms with Crippen LogP contribution in [0.15, 0.2) is 60.3 Å². The Balaban J connectivity index is 1.54. The molecular weight excluding hydrogens is 409 g/mol. The van der Waals surface area contributed by atoms with Crippen LogP contribution in [-0.4, -0.2) is 28.0 Å². The van der Waals surface area contributed by atoms with Gasteiger partial charge in [-0.3, -0.25) is 9.69 Å². The van der Waals surface area contributed by atoms with Gasteiger partial charge in [0.1, 0.15) is 23.9 Å². The zero-order valence-corrected chi connectivity index (χ0v) is 18.2. The van der Waals surface area contributed by atoms with Crippen LogP contribution in [-0.2, 0) is 11.4 Å². The fourth-order valence-corrected chi connectivity index (χ4v) is 3.81. The average molecular weight is 433 g/mol. The molecule has 2 heterocycles. The fourth-order valence-electron chi connectivity index (χ4n) is 3.81. The molecule has 0 spiro atoms. The Hall–Kier alpha value is -3.87. The topological polar surface area (TPSA) is 63.6 Å². The first kappa shape index (κ1) is 21.4. The predicted octanol–water partition coefficient (Wildman–Crippen LogP) is 4.72. The van der Waals surface area contributed by atoms with Gasteiger partial charge in [0.25, 0.3) is 5.91 Å². The second-order valence-corrected chi connectivity index (χ2v) is 7.57. The maximum Gasteiger partial charge on any atom is 0.328 e. The van der Waals surface area contributed by atoms with Crippen LogP contribution in [0, 0.1) is 19.7 Å². The van der Waals surface area contributed by atoms with Gasteiger partial charge in [-0.25, -0.2) is 9.18 Å². The van der Waals surface area contributed by atoms with Crippen LogP contribution in [0.5, 0.6) is 5.75 Å². The number of amides is 3. The van der Waals surface area contributed by atoms with Crippen molar-refractivity contribution in [3.63, 3.8) is 0 Å². The van der Waals surface area contributed by atoms with E-state index in [1.807, 2.05) is 44.2 Å². The summed E-state index contributed by atoms with van der Waals surface area (Å²) < 4.78 is 21.5. The molecule has 0 bridgehead atoms. The molecule has 2 aromatic carbocycles. The predicted molar refractivity (Wildman–Crippen MR) is 120 cm³/mol. The normalized spacial score (nSPS) is 14.9. The van der Waals surface area contributed by atoms with Gasteiger partial charge in [-0.1, -0.05) is 18.2 Å². The lowest BCUT2D eigenvalue weighted by atomic mass is 10.2. The molecule has 3 amide bonds. The molecule has 7 heteroatoms. The summed E-state index contributed by atoms with van der Waals surface area (Å²) >= 11 is 0. The lowest BCUT2D eigenvalue weighted by Crippen LogP contribution is -2.30. The highest BCUT2D eigenvalue weighted by Crippen LogP contribution is 2.25. The monoisotopic (exact) mass is 433 g/mol. The van der Waals surface area contributed by atoms with Crippen molar-refractivity contribution < 1.29 is 18.7 Å². The highest BCUT2D eigenvalue weighted by molar-refractivity contribution is 6.14. The zero-order valence-electron chi connectivity index (χ0n) is 18.2. The van der Waals surface area contributed by atoms with Crippen LogP contribution in [0.4, 0.5) is 9.18 Å². The van der Waals surface area contributed by atoms with Crippen LogP contribution in [0.2, 0.25) is 0 Å². The van der Waals surface area contributed by atoms with Gasteiger partial charge < -0.3 is 14.6 Å². The summed E-state index contributed by atoms with van der Waals surface area (Å²) in [4.78, 5) is 25.5. The molecule has 3 aromatic rings. The van der Waals surface area contributed by atoms with Crippen molar-refractivity contribution >= 4 is 18.0 Å². The molecule has 6 nitrogen and oxygen atoms in total. The van der Waals surface area contributed by atoms with Crippen LogP contribution < -0.4 is 10.1 Å². The summed E-state index contributed by atoms with van der Waals surface area (Å²) in [6.07, 6.45) is 1.71. The number of hydrogen-bond acceptors (Lipinski definition) is 3. The van der Waals surface area contributed by atoms with Crippen LogP contribution in [0.25, 0.3) is 11.8 Å². The summed E-state index contributed by atoms with van der Waals surface area (Å²) in [5.74, 6) is 0.0303. The molecule has 1 fully saturated rings. The molecular formula is C25H24FN3O3. The Morgan fingerprint density at radius 1 is 1.06 bits per heavy atom. The molecule has 1 saturated heterocycles. The SMILES string of the molecule is CCN1C(=O)N/C(=C/c2cc(C)n(-c3ccc(OCc4ccccc4F)cc3)c2C)C1=O. The molecule has 4 rings (SSSR count). The standard InChI is InChI=1S/C25H24FN3O3/c1-4-28-24(30)23(27-25(28)31)14-19-13-16(2)29(17(19)3)20-9-11-21(12-10-20)32-15-18-7-5-6-8-22(18)26/h5-14H,4,15H2,1-3H3,(H,27,31)/b23-14+. The number of benzene rings is 2. The number of hydrogen-bond donors (Lipinski definition) is 1. The third kappa shape index (κ3) is 4.01. The number of carbonyl (C=O) groups excluding carboxylic acids is 2. The number of nitrogens with zero attached hydrogens (tertiary/aromatic N) is 2. The van der Waals surface area contributed by atoms with E-state index in [9.17, 15) is 14.0 Å². The summed E-state index contributed by atoms with van der Waals surface area (Å²) in [6, 6.07) is 15.6. The lowest BCUT2D eigenvalue weighted by molar-refractivity contribution is -0.122. The van der Waals surface area contributed by atoms with Gasteiger partial charge in [0.05, 0.1) is 0 Å². The van der Waals surface area contributed by atoms with E-state index in [4.69, 9.17) is 4.74 Å². The van der Waals surface area contributed by atoms with Gasteiger partial charge in [0, 0.05) is 29.2 Å². The minimum absolute atomic E-state index is 0.153. The first-order valence-corrected chi connectivity index (χ1v) is 10.4. The van der Waals surface area contributed by atoms with E-state index < -0.39 is 6.03 Å². The van der Waals surface area contributed by atoms with Crippen molar-refractivity contribution in [3.8, 4) is 11.4 Å². The van der Waals surface area contributed by atoms with Crippen molar-refractivity contribution in [1.82, 2.24) is 14.8 Å². The van der Waals surface area contributed by atoms with E-state index in [1.165, 1.54) is 11.0 Å². The maximum absolute atomic E-state index is 13.8. The fraction of sp³-hybridized carbons (Fsp3) is 0.200. The Morgan fingerprint density at radius 3 is 2.44 bits per heavy atom. The largest absolute Gasteiger partial charge is 0.489 e. The molecule has 1 N–H and O–H groups in total. The number of aryl methyl sites for hydroxylation is 1. The van der Waals surface area contributed by atoms with Crippen molar-refractivity contribution in [2.24, 2.45) is 0 Å². The first-order valence-electron chi connectivity index (χ1n) is 10.4. The van der Waals surface area contributed by atoms with Crippen molar-refractivity contribution in [2.45, 2.75) is 27.4 Å². The minimum Gasteiger partial charge on any atom is -0.489 e. The van der Waals surface area contributed by atoms with Crippen molar-refractivity contribution in [1.29, 1.82) is 0 Å². The van der Waals surface area contributed by atoms with E-state index in [0.717, 1.165) is 22.6 Å². The lowest BCUT2D eigenvalue weighted by Gasteiger charge is -2.12. The number of rotatable bonds is 6. The second-order valence-electron chi connectivity index (χ2n) is 7.57. The maximum atomic E-state index is 13.8. The quantitative estimate of drug-likeness (QED) is 0.452. The molecule has 0 saturated carbocycles. The number of likely N-dealkylation sites (N-methyl/N-ethyl adjacent to an activating group) is 1. The first-order chi connectivity index (χ1) is 15.4. The molecule has 0 unspecified atom stereocenters. The number of urea groups is 1. The average Bonchev–Trinajstić information content (AvgIpc) is 3.21. The zero-order chi connectivity index (χ0) is 22.8.